The summed E-state index contributed by atoms with van der Waals surface area (Å²) < 4.78 is 5.08. The fourth-order valence-corrected chi connectivity index (χ4v) is 2.55. The first-order chi connectivity index (χ1) is 9.22. The van der Waals surface area contributed by atoms with Crippen LogP contribution < -0.4 is 5.32 Å². The van der Waals surface area contributed by atoms with Gasteiger partial charge >= 0.3 is 0 Å². The minimum atomic E-state index is -0.0624. The first-order valence-electron chi connectivity index (χ1n) is 7.18. The van der Waals surface area contributed by atoms with Crippen LogP contribution in [0.2, 0.25) is 0 Å². The fraction of sp³-hybridized carbons (Fsp3) is 0.714. The lowest BCUT2D eigenvalue weighted by atomic mass is 10.1. The van der Waals surface area contributed by atoms with Crippen LogP contribution in [-0.2, 0) is 6.42 Å². The van der Waals surface area contributed by atoms with Gasteiger partial charge in [0.15, 0.2) is 0 Å². The molecule has 106 valence electrons. The van der Waals surface area contributed by atoms with E-state index in [1.54, 1.807) is 6.92 Å². The van der Waals surface area contributed by atoms with Gasteiger partial charge in [-0.3, -0.25) is 4.79 Å². The molecule has 0 spiro atoms. The molecule has 1 aromatic rings. The van der Waals surface area contributed by atoms with Crippen LogP contribution in [0.15, 0.2) is 4.52 Å². The number of aromatic nitrogens is 1. The van der Waals surface area contributed by atoms with Gasteiger partial charge in [-0.1, -0.05) is 18.5 Å². The maximum absolute atomic E-state index is 12.1. The summed E-state index contributed by atoms with van der Waals surface area (Å²) in [5.41, 5.74) is 1.36. The Morgan fingerprint density at radius 2 is 2.11 bits per heavy atom. The first-order valence-corrected chi connectivity index (χ1v) is 7.18. The molecule has 2 rings (SSSR count). The van der Waals surface area contributed by atoms with Gasteiger partial charge in [-0.2, -0.15) is 0 Å². The Bertz CT molecular complexity index is 422. The summed E-state index contributed by atoms with van der Waals surface area (Å²) in [5, 5.41) is 6.87. The molecule has 1 saturated heterocycles. The summed E-state index contributed by atoms with van der Waals surface area (Å²) in [4.78, 5) is 14.5. The van der Waals surface area contributed by atoms with E-state index >= 15 is 0 Å². The summed E-state index contributed by atoms with van der Waals surface area (Å²) in [5.74, 6) is 0.542. The molecule has 1 amide bonds. The molecule has 0 saturated carbocycles. The highest BCUT2D eigenvalue weighted by atomic mass is 16.5. The molecule has 5 nitrogen and oxygen atoms in total. The van der Waals surface area contributed by atoms with Crippen molar-refractivity contribution in [2.45, 2.75) is 39.5 Å². The van der Waals surface area contributed by atoms with Crippen LogP contribution in [0.3, 0.4) is 0 Å². The Kier molecular flexibility index (Phi) is 4.96. The standard InChI is InChI=1S/C14H23N3O2/c1-3-12-13(11(2)19-16-12)14(18)15-7-10-17-8-5-4-6-9-17/h3-10H2,1-2H3,(H,15,18). The normalized spacial score (nSPS) is 16.5. The van der Waals surface area contributed by atoms with Crippen molar-refractivity contribution in [1.29, 1.82) is 0 Å². The van der Waals surface area contributed by atoms with Gasteiger partial charge < -0.3 is 14.7 Å². The number of hydrogen-bond acceptors (Lipinski definition) is 4. The van der Waals surface area contributed by atoms with Gasteiger partial charge in [-0.15, -0.1) is 0 Å². The number of aryl methyl sites for hydroxylation is 2. The molecule has 2 heterocycles. The van der Waals surface area contributed by atoms with Crippen LogP contribution in [0.4, 0.5) is 0 Å². The van der Waals surface area contributed by atoms with Crippen LogP contribution in [-0.4, -0.2) is 42.1 Å². The minimum Gasteiger partial charge on any atom is -0.361 e. The molecular weight excluding hydrogens is 242 g/mol. The van der Waals surface area contributed by atoms with Crippen molar-refractivity contribution in [2.75, 3.05) is 26.2 Å². The number of hydrogen-bond donors (Lipinski definition) is 1. The Hall–Kier alpha value is -1.36. The monoisotopic (exact) mass is 265 g/mol. The Morgan fingerprint density at radius 1 is 1.37 bits per heavy atom. The number of amides is 1. The second-order valence-corrected chi connectivity index (χ2v) is 5.07. The lowest BCUT2D eigenvalue weighted by molar-refractivity contribution is 0.0944. The molecule has 19 heavy (non-hydrogen) atoms. The highest BCUT2D eigenvalue weighted by Crippen LogP contribution is 2.13. The Balaban J connectivity index is 1.82. The average Bonchev–Trinajstić information content (AvgIpc) is 2.81. The second kappa shape index (κ2) is 6.70. The van der Waals surface area contributed by atoms with Gasteiger partial charge in [0.25, 0.3) is 5.91 Å². The van der Waals surface area contributed by atoms with Crippen LogP contribution >= 0.6 is 0 Å². The Labute approximate surface area is 114 Å². The molecule has 0 unspecified atom stereocenters. The molecule has 1 aliphatic heterocycles. The number of nitrogens with zero attached hydrogens (tertiary/aromatic N) is 2. The van der Waals surface area contributed by atoms with E-state index < -0.39 is 0 Å². The number of likely N-dealkylation sites (tertiary alicyclic amines) is 1. The summed E-state index contributed by atoms with van der Waals surface area (Å²) in [7, 11) is 0. The van der Waals surface area contributed by atoms with Crippen molar-refractivity contribution in [3.63, 3.8) is 0 Å². The Morgan fingerprint density at radius 3 is 2.79 bits per heavy atom. The van der Waals surface area contributed by atoms with Crippen molar-refractivity contribution >= 4 is 5.91 Å². The molecule has 5 heteroatoms. The molecule has 0 bridgehead atoms. The largest absolute Gasteiger partial charge is 0.361 e. The van der Waals surface area contributed by atoms with E-state index in [9.17, 15) is 4.79 Å². The zero-order valence-corrected chi connectivity index (χ0v) is 11.9. The molecule has 0 aliphatic carbocycles. The molecule has 0 radical (unpaired) electrons. The predicted molar refractivity (Wildman–Crippen MR) is 73.2 cm³/mol. The number of rotatable bonds is 5. The number of nitrogens with one attached hydrogen (secondary N) is 1. The van der Waals surface area contributed by atoms with E-state index in [1.807, 2.05) is 6.92 Å². The van der Waals surface area contributed by atoms with Crippen molar-refractivity contribution < 1.29 is 9.32 Å². The van der Waals surface area contributed by atoms with E-state index in [-0.39, 0.29) is 5.91 Å². The van der Waals surface area contributed by atoms with Crippen LogP contribution in [0.5, 0.6) is 0 Å². The zero-order chi connectivity index (χ0) is 13.7. The third-order valence-electron chi connectivity index (χ3n) is 3.66. The predicted octanol–water partition coefficient (Wildman–Crippen LogP) is 1.76. The third kappa shape index (κ3) is 3.56. The van der Waals surface area contributed by atoms with E-state index in [1.165, 1.54) is 19.3 Å². The molecule has 1 aliphatic rings. The SMILES string of the molecule is CCc1noc(C)c1C(=O)NCCN1CCCCC1. The third-order valence-corrected chi connectivity index (χ3v) is 3.66. The fourth-order valence-electron chi connectivity index (χ4n) is 2.55. The minimum absolute atomic E-state index is 0.0624. The van der Waals surface area contributed by atoms with Crippen LogP contribution in [0, 0.1) is 6.92 Å². The molecule has 1 N–H and O–H groups in total. The number of carbonyl (C=O) groups excluding carboxylic acids is 1. The maximum atomic E-state index is 12.1. The number of piperidine rings is 1. The van der Waals surface area contributed by atoms with E-state index in [0.29, 0.717) is 24.3 Å². The van der Waals surface area contributed by atoms with E-state index in [2.05, 4.69) is 15.4 Å². The zero-order valence-electron chi connectivity index (χ0n) is 11.9. The van der Waals surface area contributed by atoms with Crippen molar-refractivity contribution in [3.8, 4) is 0 Å². The van der Waals surface area contributed by atoms with Gasteiger partial charge in [-0.05, 0) is 39.3 Å². The van der Waals surface area contributed by atoms with Crippen LogP contribution in [0.25, 0.3) is 0 Å². The van der Waals surface area contributed by atoms with Gasteiger partial charge in [0.1, 0.15) is 11.3 Å². The quantitative estimate of drug-likeness (QED) is 0.881. The average molecular weight is 265 g/mol. The summed E-state index contributed by atoms with van der Waals surface area (Å²) in [6.07, 6.45) is 4.60. The molecule has 0 aromatic carbocycles. The highest BCUT2D eigenvalue weighted by Gasteiger charge is 2.19. The van der Waals surface area contributed by atoms with Crippen molar-refractivity contribution in [1.82, 2.24) is 15.4 Å². The van der Waals surface area contributed by atoms with E-state index in [4.69, 9.17) is 4.52 Å². The topological polar surface area (TPSA) is 58.4 Å². The molecule has 0 atom stereocenters. The van der Waals surface area contributed by atoms with Gasteiger partial charge in [0.2, 0.25) is 0 Å². The van der Waals surface area contributed by atoms with E-state index in [0.717, 1.165) is 25.3 Å². The summed E-state index contributed by atoms with van der Waals surface area (Å²) >= 11 is 0. The molecular formula is C14H23N3O2. The lowest BCUT2D eigenvalue weighted by Crippen LogP contribution is -2.37. The summed E-state index contributed by atoms with van der Waals surface area (Å²) in [6, 6.07) is 0. The first kappa shape index (κ1) is 14.1. The molecule has 1 aromatic heterocycles. The van der Waals surface area contributed by atoms with Crippen LogP contribution in [0.1, 0.15) is 48.0 Å². The lowest BCUT2D eigenvalue weighted by Gasteiger charge is -2.26. The van der Waals surface area contributed by atoms with Crippen molar-refractivity contribution in [2.24, 2.45) is 0 Å². The number of carbonyl (C=O) groups is 1. The maximum Gasteiger partial charge on any atom is 0.256 e. The van der Waals surface area contributed by atoms with Gasteiger partial charge in [0, 0.05) is 13.1 Å². The molecule has 1 fully saturated rings. The van der Waals surface area contributed by atoms with Gasteiger partial charge in [0.05, 0.1) is 5.69 Å². The highest BCUT2D eigenvalue weighted by molar-refractivity contribution is 5.96. The van der Waals surface area contributed by atoms with Crippen molar-refractivity contribution in [3.05, 3.63) is 17.0 Å². The van der Waals surface area contributed by atoms with Gasteiger partial charge in [-0.25, -0.2) is 0 Å². The summed E-state index contributed by atoms with van der Waals surface area (Å²) in [6.45, 7) is 7.68. The smallest absolute Gasteiger partial charge is 0.256 e. The second-order valence-electron chi connectivity index (χ2n) is 5.07.